The van der Waals surface area contributed by atoms with Crippen LogP contribution in [0.3, 0.4) is 0 Å². The Morgan fingerprint density at radius 2 is 2.05 bits per heavy atom. The Bertz CT molecular complexity index is 744. The Kier molecular flexibility index (Phi) is 4.75. The lowest BCUT2D eigenvalue weighted by Gasteiger charge is -2.02. The lowest BCUT2D eigenvalue weighted by atomic mass is 10.1. The van der Waals surface area contributed by atoms with Crippen molar-refractivity contribution in [1.82, 2.24) is 10.2 Å². The van der Waals surface area contributed by atoms with Crippen molar-refractivity contribution in [2.24, 2.45) is 5.92 Å². The lowest BCUT2D eigenvalue weighted by molar-refractivity contribution is 0.389. The van der Waals surface area contributed by atoms with Crippen LogP contribution in [0.2, 0.25) is 5.02 Å². The summed E-state index contributed by atoms with van der Waals surface area (Å²) in [5, 5.41) is 9.21. The smallest absolute Gasteiger partial charge is 0.276 e. The van der Waals surface area contributed by atoms with Gasteiger partial charge in [-0.05, 0) is 30.0 Å². The van der Waals surface area contributed by atoms with Crippen LogP contribution < -0.4 is 0 Å². The van der Waals surface area contributed by atoms with Gasteiger partial charge >= 0.3 is 0 Å². The first-order valence-electron chi connectivity index (χ1n) is 6.90. The number of hydrogen-bond donors (Lipinski definition) is 0. The molecule has 3 rings (SSSR count). The molecule has 1 aliphatic heterocycles. The van der Waals surface area contributed by atoms with E-state index in [1.54, 1.807) is 0 Å². The van der Waals surface area contributed by atoms with E-state index >= 15 is 0 Å². The number of thioether (sulfide) groups is 1. The zero-order chi connectivity index (χ0) is 15.6. The van der Waals surface area contributed by atoms with Crippen molar-refractivity contribution in [1.29, 1.82) is 0 Å². The molecule has 0 bridgehead atoms. The van der Waals surface area contributed by atoms with Crippen LogP contribution in [0.15, 0.2) is 33.9 Å². The van der Waals surface area contributed by atoms with Gasteiger partial charge in [-0.1, -0.05) is 35.5 Å². The third kappa shape index (κ3) is 4.24. The first-order valence-corrected chi connectivity index (χ1v) is 10.1. The predicted molar refractivity (Wildman–Crippen MR) is 85.8 cm³/mol. The SMILES string of the molecule is O=S1(=O)CCC(Cc2nnc(SCc3ccc(Cl)cc3)o2)C1. The summed E-state index contributed by atoms with van der Waals surface area (Å²) in [6.07, 6.45) is 1.21. The highest BCUT2D eigenvalue weighted by molar-refractivity contribution is 7.98. The number of rotatable bonds is 5. The van der Waals surface area contributed by atoms with Crippen LogP contribution in [-0.4, -0.2) is 30.1 Å². The molecule has 1 fully saturated rings. The minimum Gasteiger partial charge on any atom is -0.416 e. The third-order valence-corrected chi connectivity index (χ3v) is 6.49. The Morgan fingerprint density at radius 1 is 1.27 bits per heavy atom. The summed E-state index contributed by atoms with van der Waals surface area (Å²) >= 11 is 7.30. The van der Waals surface area contributed by atoms with Gasteiger partial charge in [0, 0.05) is 17.2 Å². The molecule has 1 aromatic heterocycles. The fourth-order valence-corrected chi connectivity index (χ4v) is 5.11. The molecule has 1 aliphatic rings. The number of hydrogen-bond acceptors (Lipinski definition) is 6. The maximum Gasteiger partial charge on any atom is 0.276 e. The van der Waals surface area contributed by atoms with E-state index in [4.69, 9.17) is 16.0 Å². The van der Waals surface area contributed by atoms with Crippen molar-refractivity contribution in [3.63, 3.8) is 0 Å². The minimum atomic E-state index is -2.86. The molecule has 0 radical (unpaired) electrons. The van der Waals surface area contributed by atoms with E-state index < -0.39 is 9.84 Å². The Balaban J connectivity index is 1.54. The normalized spacial score (nSPS) is 20.3. The molecule has 1 atom stereocenters. The van der Waals surface area contributed by atoms with Crippen molar-refractivity contribution in [2.45, 2.75) is 23.8 Å². The Hall–Kier alpha value is -1.05. The summed E-state index contributed by atoms with van der Waals surface area (Å²) in [6.45, 7) is 0. The first-order chi connectivity index (χ1) is 10.5. The van der Waals surface area contributed by atoms with Gasteiger partial charge in [0.25, 0.3) is 5.22 Å². The summed E-state index contributed by atoms with van der Waals surface area (Å²) in [7, 11) is -2.86. The first kappa shape index (κ1) is 15.8. The summed E-state index contributed by atoms with van der Waals surface area (Å²) in [6, 6.07) is 7.60. The molecular weight excluding hydrogens is 344 g/mol. The molecule has 0 saturated carbocycles. The van der Waals surface area contributed by atoms with Crippen LogP contribution in [0, 0.1) is 5.92 Å². The van der Waals surface area contributed by atoms with Gasteiger partial charge in [-0.15, -0.1) is 10.2 Å². The lowest BCUT2D eigenvalue weighted by Crippen LogP contribution is -2.07. The molecule has 1 saturated heterocycles. The van der Waals surface area contributed by atoms with E-state index in [2.05, 4.69) is 10.2 Å². The van der Waals surface area contributed by atoms with Crippen molar-refractivity contribution in [2.75, 3.05) is 11.5 Å². The van der Waals surface area contributed by atoms with Crippen LogP contribution in [0.1, 0.15) is 17.9 Å². The molecule has 5 nitrogen and oxygen atoms in total. The maximum absolute atomic E-state index is 11.4. The van der Waals surface area contributed by atoms with Crippen LogP contribution in [0.4, 0.5) is 0 Å². The van der Waals surface area contributed by atoms with Crippen LogP contribution >= 0.6 is 23.4 Å². The molecule has 8 heteroatoms. The van der Waals surface area contributed by atoms with Crippen molar-refractivity contribution < 1.29 is 12.8 Å². The number of aromatic nitrogens is 2. The van der Waals surface area contributed by atoms with Gasteiger partial charge in [0.1, 0.15) is 0 Å². The monoisotopic (exact) mass is 358 g/mol. The van der Waals surface area contributed by atoms with Crippen molar-refractivity contribution in [3.8, 4) is 0 Å². The number of nitrogens with zero attached hydrogens (tertiary/aromatic N) is 2. The molecule has 118 valence electrons. The van der Waals surface area contributed by atoms with Crippen molar-refractivity contribution >= 4 is 33.2 Å². The highest BCUT2D eigenvalue weighted by atomic mass is 35.5. The van der Waals surface area contributed by atoms with E-state index in [0.29, 0.717) is 29.0 Å². The molecule has 0 N–H and O–H groups in total. The standard InChI is InChI=1S/C14H15ClN2O3S2/c15-12-3-1-10(2-4-12)8-21-14-17-16-13(20-14)7-11-5-6-22(18,19)9-11/h1-4,11H,5-9H2. The van der Waals surface area contributed by atoms with Gasteiger partial charge in [0.2, 0.25) is 5.89 Å². The van der Waals surface area contributed by atoms with Gasteiger partial charge in [-0.25, -0.2) is 8.42 Å². The molecule has 2 heterocycles. The Labute approximate surface area is 138 Å². The molecule has 2 aromatic rings. The summed E-state index contributed by atoms with van der Waals surface area (Å²) in [4.78, 5) is 0. The van der Waals surface area contributed by atoms with E-state index in [1.165, 1.54) is 11.8 Å². The second kappa shape index (κ2) is 6.60. The molecule has 1 aromatic carbocycles. The average Bonchev–Trinajstić information content (AvgIpc) is 3.05. The quantitative estimate of drug-likeness (QED) is 0.765. The number of benzene rings is 1. The molecule has 0 aliphatic carbocycles. The van der Waals surface area contributed by atoms with Crippen LogP contribution in [0.5, 0.6) is 0 Å². The van der Waals surface area contributed by atoms with Crippen LogP contribution in [-0.2, 0) is 22.0 Å². The van der Waals surface area contributed by atoms with Crippen molar-refractivity contribution in [3.05, 3.63) is 40.7 Å². The molecule has 0 amide bonds. The zero-order valence-corrected chi connectivity index (χ0v) is 14.1. The van der Waals surface area contributed by atoms with E-state index in [1.807, 2.05) is 24.3 Å². The molecule has 0 spiro atoms. The highest BCUT2D eigenvalue weighted by Crippen LogP contribution is 2.25. The third-order valence-electron chi connectivity index (χ3n) is 3.51. The molecule has 22 heavy (non-hydrogen) atoms. The summed E-state index contributed by atoms with van der Waals surface area (Å²) < 4.78 is 28.5. The van der Waals surface area contributed by atoms with Gasteiger partial charge in [-0.2, -0.15) is 0 Å². The van der Waals surface area contributed by atoms with E-state index in [-0.39, 0.29) is 17.4 Å². The summed E-state index contributed by atoms with van der Waals surface area (Å²) in [5.74, 6) is 1.82. The Morgan fingerprint density at radius 3 is 2.73 bits per heavy atom. The van der Waals surface area contributed by atoms with E-state index in [0.717, 1.165) is 11.3 Å². The van der Waals surface area contributed by atoms with Gasteiger partial charge in [-0.3, -0.25) is 0 Å². The van der Waals surface area contributed by atoms with Gasteiger partial charge in [0.15, 0.2) is 9.84 Å². The maximum atomic E-state index is 11.4. The topological polar surface area (TPSA) is 73.1 Å². The largest absolute Gasteiger partial charge is 0.416 e. The zero-order valence-electron chi connectivity index (χ0n) is 11.7. The second-order valence-corrected chi connectivity index (χ2v) is 8.94. The molecule has 1 unspecified atom stereocenters. The van der Waals surface area contributed by atoms with Gasteiger partial charge < -0.3 is 4.42 Å². The number of halogens is 1. The molecular formula is C14H15ClN2O3S2. The van der Waals surface area contributed by atoms with Crippen LogP contribution in [0.25, 0.3) is 0 Å². The fraction of sp³-hybridized carbons (Fsp3) is 0.429. The second-order valence-electron chi connectivity index (χ2n) is 5.35. The minimum absolute atomic E-state index is 0.0968. The summed E-state index contributed by atoms with van der Waals surface area (Å²) in [5.41, 5.74) is 1.12. The fourth-order valence-electron chi connectivity index (χ4n) is 2.38. The highest BCUT2D eigenvalue weighted by Gasteiger charge is 2.29. The van der Waals surface area contributed by atoms with E-state index in [9.17, 15) is 8.42 Å². The predicted octanol–water partition coefficient (Wildman–Crippen LogP) is 2.99. The number of sulfone groups is 1. The average molecular weight is 359 g/mol. The van der Waals surface area contributed by atoms with Gasteiger partial charge in [0.05, 0.1) is 11.5 Å².